The molecule has 0 bridgehead atoms. The number of benzene rings is 3. The molecule has 3 rings (SSSR count). The van der Waals surface area contributed by atoms with Gasteiger partial charge in [-0.2, -0.15) is 0 Å². The highest BCUT2D eigenvalue weighted by Crippen LogP contribution is 2.38. The number of rotatable bonds is 9. The quantitative estimate of drug-likeness (QED) is 0.194. The van der Waals surface area contributed by atoms with Gasteiger partial charge in [0.2, 0.25) is 0 Å². The second-order valence-electron chi connectivity index (χ2n) is 7.62. The van der Waals surface area contributed by atoms with Crippen LogP contribution in [0.25, 0.3) is 0 Å². The van der Waals surface area contributed by atoms with E-state index < -0.39 is 4.92 Å². The zero-order valence-corrected chi connectivity index (χ0v) is 19.5. The van der Waals surface area contributed by atoms with Gasteiger partial charge < -0.3 is 15.0 Å². The summed E-state index contributed by atoms with van der Waals surface area (Å²) in [6, 6.07) is 20.4. The van der Waals surface area contributed by atoms with Crippen LogP contribution in [0.15, 0.2) is 66.7 Å². The topological polar surface area (TPSA) is 84.7 Å². The molecule has 33 heavy (non-hydrogen) atoms. The zero-order valence-electron chi connectivity index (χ0n) is 18.7. The van der Waals surface area contributed by atoms with E-state index in [1.165, 1.54) is 19.1 Å². The van der Waals surface area contributed by atoms with E-state index in [2.05, 4.69) is 5.32 Å². The minimum Gasteiger partial charge on any atom is -0.464 e. The first-order valence-corrected chi connectivity index (χ1v) is 10.8. The minimum atomic E-state index is -0.415. The van der Waals surface area contributed by atoms with Gasteiger partial charge >= 0.3 is 5.97 Å². The summed E-state index contributed by atoms with van der Waals surface area (Å²) in [5, 5.41) is 15.0. The van der Waals surface area contributed by atoms with Crippen molar-refractivity contribution in [2.24, 2.45) is 0 Å². The Hall–Kier alpha value is -3.58. The van der Waals surface area contributed by atoms with Crippen LogP contribution in [-0.2, 0) is 9.53 Å². The number of halogens is 1. The molecule has 1 atom stereocenters. The van der Waals surface area contributed by atoms with Crippen LogP contribution in [0.3, 0.4) is 0 Å². The smallest absolute Gasteiger partial charge is 0.302 e. The number of hydrogen-bond acceptors (Lipinski definition) is 6. The van der Waals surface area contributed by atoms with Crippen molar-refractivity contribution in [3.63, 3.8) is 0 Å². The van der Waals surface area contributed by atoms with Gasteiger partial charge in [0.15, 0.2) is 0 Å². The van der Waals surface area contributed by atoms with Crippen molar-refractivity contribution >= 4 is 34.6 Å². The Kier molecular flexibility index (Phi) is 7.90. The summed E-state index contributed by atoms with van der Waals surface area (Å²) in [5.41, 5.74) is 4.50. The van der Waals surface area contributed by atoms with Crippen molar-refractivity contribution in [3.05, 3.63) is 98.6 Å². The lowest BCUT2D eigenvalue weighted by molar-refractivity contribution is -0.384. The molecule has 1 N–H and O–H groups in total. The molecule has 0 spiro atoms. The third-order valence-corrected chi connectivity index (χ3v) is 5.78. The molecule has 0 aliphatic carbocycles. The number of nitrogens with zero attached hydrogens (tertiary/aromatic N) is 2. The number of carbonyl (C=O) groups excluding carboxylic acids is 1. The fraction of sp³-hybridized carbons (Fsp3) is 0.240. The van der Waals surface area contributed by atoms with Crippen molar-refractivity contribution in [2.45, 2.75) is 12.8 Å². The predicted molar refractivity (Wildman–Crippen MR) is 131 cm³/mol. The average Bonchev–Trinajstić information content (AvgIpc) is 2.81. The highest BCUT2D eigenvalue weighted by Gasteiger charge is 2.22. The second kappa shape index (κ2) is 10.8. The lowest BCUT2D eigenvalue weighted by Crippen LogP contribution is -2.23. The van der Waals surface area contributed by atoms with Crippen molar-refractivity contribution in [2.75, 3.05) is 37.5 Å². The third kappa shape index (κ3) is 6.02. The molecule has 3 aromatic rings. The molecule has 0 aliphatic heterocycles. The molecule has 7 nitrogen and oxygen atoms in total. The SMILES string of the molecule is CNc1ccc(C(c2ccc(N(C)CCOC(C)=O)cc2)c2cc([N+](=O)[O-])ccc2Cl)cc1. The van der Waals surface area contributed by atoms with Crippen LogP contribution in [0.5, 0.6) is 0 Å². The standard InChI is InChI=1S/C25H26ClN3O4/c1-17(30)33-15-14-28(3)21-10-6-19(7-11-21)25(18-4-8-20(27-2)9-5-18)23-16-22(29(31)32)12-13-24(23)26/h4-13,16,25,27H,14-15H2,1-3H3. The predicted octanol–water partition coefficient (Wildman–Crippen LogP) is 5.47. The Balaban J connectivity index is 1.99. The molecule has 0 saturated carbocycles. The molecule has 0 aromatic heterocycles. The molecular formula is C25H26ClN3O4. The van der Waals surface area contributed by atoms with Gasteiger partial charge in [-0.1, -0.05) is 35.9 Å². The molecule has 0 radical (unpaired) electrons. The van der Waals surface area contributed by atoms with E-state index in [1.54, 1.807) is 6.07 Å². The number of anilines is 2. The van der Waals surface area contributed by atoms with Gasteiger partial charge in [0.25, 0.3) is 5.69 Å². The lowest BCUT2D eigenvalue weighted by atomic mass is 9.84. The van der Waals surface area contributed by atoms with Gasteiger partial charge in [-0.25, -0.2) is 0 Å². The molecule has 172 valence electrons. The van der Waals surface area contributed by atoms with E-state index in [9.17, 15) is 14.9 Å². The van der Waals surface area contributed by atoms with E-state index in [0.29, 0.717) is 23.7 Å². The normalized spacial score (nSPS) is 11.5. The molecule has 3 aromatic carbocycles. The highest BCUT2D eigenvalue weighted by molar-refractivity contribution is 6.31. The van der Waals surface area contributed by atoms with Crippen molar-refractivity contribution in [1.29, 1.82) is 0 Å². The second-order valence-corrected chi connectivity index (χ2v) is 8.03. The zero-order chi connectivity index (χ0) is 24.0. The van der Waals surface area contributed by atoms with Gasteiger partial charge in [0.1, 0.15) is 6.61 Å². The van der Waals surface area contributed by atoms with Gasteiger partial charge in [-0.3, -0.25) is 14.9 Å². The number of likely N-dealkylation sites (N-methyl/N-ethyl adjacent to an activating group) is 1. The van der Waals surface area contributed by atoms with E-state index >= 15 is 0 Å². The number of non-ortho nitro benzene ring substituents is 1. The van der Waals surface area contributed by atoms with Crippen LogP contribution < -0.4 is 10.2 Å². The monoisotopic (exact) mass is 467 g/mol. The van der Waals surface area contributed by atoms with Crippen LogP contribution >= 0.6 is 11.6 Å². The first-order chi connectivity index (χ1) is 15.8. The van der Waals surface area contributed by atoms with Crippen molar-refractivity contribution in [1.82, 2.24) is 0 Å². The maximum Gasteiger partial charge on any atom is 0.302 e. The third-order valence-electron chi connectivity index (χ3n) is 5.43. The Morgan fingerprint density at radius 2 is 1.70 bits per heavy atom. The number of esters is 1. The number of nitrogens with one attached hydrogen (secondary N) is 1. The number of nitro groups is 1. The lowest BCUT2D eigenvalue weighted by Gasteiger charge is -2.23. The number of hydrogen-bond donors (Lipinski definition) is 1. The summed E-state index contributed by atoms with van der Waals surface area (Å²) < 4.78 is 5.02. The average molecular weight is 468 g/mol. The molecule has 0 fully saturated rings. The van der Waals surface area contributed by atoms with Crippen molar-refractivity contribution < 1.29 is 14.5 Å². The van der Waals surface area contributed by atoms with Crippen LogP contribution in [0, 0.1) is 10.1 Å². The maximum absolute atomic E-state index is 11.4. The molecule has 1 unspecified atom stereocenters. The largest absolute Gasteiger partial charge is 0.464 e. The van der Waals surface area contributed by atoms with Gasteiger partial charge in [0, 0.05) is 55.5 Å². The maximum atomic E-state index is 11.4. The molecular weight excluding hydrogens is 442 g/mol. The highest BCUT2D eigenvalue weighted by atomic mass is 35.5. The summed E-state index contributed by atoms with van der Waals surface area (Å²) >= 11 is 6.53. The van der Waals surface area contributed by atoms with Gasteiger partial charge in [0.05, 0.1) is 11.5 Å². The Morgan fingerprint density at radius 3 is 2.24 bits per heavy atom. The van der Waals surface area contributed by atoms with Crippen LogP contribution in [0.2, 0.25) is 5.02 Å². The number of ether oxygens (including phenoxy) is 1. The molecule has 0 amide bonds. The minimum absolute atomic E-state index is 0.00642. The fourth-order valence-electron chi connectivity index (χ4n) is 3.64. The van der Waals surface area contributed by atoms with E-state index in [0.717, 1.165) is 22.5 Å². The Morgan fingerprint density at radius 1 is 1.09 bits per heavy atom. The summed E-state index contributed by atoms with van der Waals surface area (Å²) in [6.45, 7) is 2.25. The molecule has 8 heteroatoms. The molecule has 0 heterocycles. The van der Waals surface area contributed by atoms with E-state index in [-0.39, 0.29) is 17.6 Å². The molecule has 0 aliphatic rings. The van der Waals surface area contributed by atoms with Gasteiger partial charge in [-0.05, 0) is 47.0 Å². The number of carbonyl (C=O) groups is 1. The van der Waals surface area contributed by atoms with E-state index in [1.807, 2.05) is 67.5 Å². The van der Waals surface area contributed by atoms with E-state index in [4.69, 9.17) is 16.3 Å². The van der Waals surface area contributed by atoms with Crippen LogP contribution in [0.4, 0.5) is 17.1 Å². The first-order valence-electron chi connectivity index (χ1n) is 10.5. The van der Waals surface area contributed by atoms with Crippen LogP contribution in [0.1, 0.15) is 29.5 Å². The first kappa shape index (κ1) is 24.1. The number of nitro benzene ring substituents is 1. The summed E-state index contributed by atoms with van der Waals surface area (Å²) in [6.07, 6.45) is 0. The summed E-state index contributed by atoms with van der Waals surface area (Å²) in [4.78, 5) is 24.0. The van der Waals surface area contributed by atoms with Crippen LogP contribution in [-0.4, -0.2) is 38.1 Å². The summed E-state index contributed by atoms with van der Waals surface area (Å²) in [7, 11) is 3.77. The fourth-order valence-corrected chi connectivity index (χ4v) is 3.86. The molecule has 0 saturated heterocycles. The Bertz CT molecular complexity index is 1120. The van der Waals surface area contributed by atoms with Gasteiger partial charge in [-0.15, -0.1) is 0 Å². The Labute approximate surface area is 198 Å². The summed E-state index contributed by atoms with van der Waals surface area (Å²) in [5.74, 6) is -0.594. The van der Waals surface area contributed by atoms with Crippen molar-refractivity contribution in [3.8, 4) is 0 Å².